The summed E-state index contributed by atoms with van der Waals surface area (Å²) in [6.07, 6.45) is 8.57. The molecule has 4 saturated heterocycles. The Kier molecular flexibility index (Phi) is 7.34. The molecule has 0 saturated carbocycles. The number of fused-ring (bicyclic) bond motifs is 2. The van der Waals surface area contributed by atoms with Crippen molar-refractivity contribution in [3.05, 3.63) is 59.2 Å². The lowest BCUT2D eigenvalue weighted by Crippen LogP contribution is -2.38. The summed E-state index contributed by atoms with van der Waals surface area (Å²) in [5.74, 6) is 1.97. The van der Waals surface area contributed by atoms with Gasteiger partial charge >= 0.3 is 0 Å². The molecule has 0 radical (unpaired) electrons. The molecular weight excluding hydrogens is 556 g/mol. The molecule has 4 aliphatic rings. The molecule has 0 bridgehead atoms. The van der Waals surface area contributed by atoms with Crippen LogP contribution in [0, 0.1) is 0 Å². The highest BCUT2D eigenvalue weighted by Gasteiger charge is 2.38. The maximum Gasteiger partial charge on any atom is 0.252 e. The first-order valence-corrected chi connectivity index (χ1v) is 16.4. The molecule has 10 heteroatoms. The number of aryl methyl sites for hydroxylation is 2. The van der Waals surface area contributed by atoms with Gasteiger partial charge in [-0.15, -0.1) is 0 Å². The van der Waals surface area contributed by atoms with Crippen LogP contribution in [0.2, 0.25) is 0 Å². The number of hydrogen-bond acceptors (Lipinski definition) is 6. The van der Waals surface area contributed by atoms with E-state index in [-0.39, 0.29) is 36.1 Å². The Morgan fingerprint density at radius 3 is 1.59 bits per heavy atom. The molecule has 6 heterocycles. The van der Waals surface area contributed by atoms with E-state index in [0.29, 0.717) is 13.2 Å². The summed E-state index contributed by atoms with van der Waals surface area (Å²) in [5.41, 5.74) is 6.38. The Morgan fingerprint density at radius 1 is 0.682 bits per heavy atom. The summed E-state index contributed by atoms with van der Waals surface area (Å²) in [4.78, 5) is 47.0. The molecule has 0 spiro atoms. The van der Waals surface area contributed by atoms with Crippen molar-refractivity contribution in [3.8, 4) is 0 Å². The van der Waals surface area contributed by atoms with Crippen LogP contribution in [-0.2, 0) is 31.9 Å². The number of H-pyrrole nitrogens is 2. The predicted octanol–water partition coefficient (Wildman–Crippen LogP) is 4.91. The van der Waals surface area contributed by atoms with Crippen molar-refractivity contribution < 1.29 is 19.1 Å². The summed E-state index contributed by atoms with van der Waals surface area (Å²) in [6.45, 7) is 2.88. The van der Waals surface area contributed by atoms with Gasteiger partial charge in [-0.2, -0.15) is 0 Å². The van der Waals surface area contributed by atoms with E-state index in [1.54, 1.807) is 0 Å². The molecule has 0 unspecified atom stereocenters. The van der Waals surface area contributed by atoms with Crippen LogP contribution in [0.3, 0.4) is 0 Å². The van der Waals surface area contributed by atoms with Gasteiger partial charge in [0.15, 0.2) is 0 Å². The number of aromatic amines is 2. The van der Waals surface area contributed by atoms with Gasteiger partial charge in [0.05, 0.1) is 34.2 Å². The van der Waals surface area contributed by atoms with Crippen molar-refractivity contribution in [1.29, 1.82) is 0 Å². The number of ether oxygens (including phenoxy) is 2. The molecule has 230 valence electrons. The van der Waals surface area contributed by atoms with Crippen molar-refractivity contribution in [2.45, 2.75) is 88.5 Å². The van der Waals surface area contributed by atoms with E-state index >= 15 is 0 Å². The average Bonchev–Trinajstić information content (AvgIpc) is 3.89. The Labute approximate surface area is 256 Å². The van der Waals surface area contributed by atoms with Crippen LogP contribution in [0.25, 0.3) is 22.1 Å². The second kappa shape index (κ2) is 11.6. The van der Waals surface area contributed by atoms with Crippen LogP contribution in [0.4, 0.5) is 0 Å². The van der Waals surface area contributed by atoms with Gasteiger partial charge in [0.1, 0.15) is 23.9 Å². The standard InChI is InChI=1S/C34H40N6O4/c41-33(29-7-3-17-43-29)39-15-1-5-27(39)31-35-23-13-11-21(19-25(23)37-31)9-10-22-12-14-24-26(20-22)38-32(36-24)28-6-2-16-40(28)34(42)30-8-4-18-44-30/h11-14,19-20,27-30H,1-10,15-18H2,(H,35,37)(H,36,38)/t27-,28-,29+,30+/m0/s1. The largest absolute Gasteiger partial charge is 0.368 e. The van der Waals surface area contributed by atoms with Crippen LogP contribution < -0.4 is 0 Å². The molecule has 4 fully saturated rings. The molecule has 2 aromatic heterocycles. The zero-order valence-corrected chi connectivity index (χ0v) is 25.1. The Bertz CT molecular complexity index is 1560. The summed E-state index contributed by atoms with van der Waals surface area (Å²) < 4.78 is 11.4. The third kappa shape index (κ3) is 5.17. The van der Waals surface area contributed by atoms with Gasteiger partial charge in [-0.3, -0.25) is 9.59 Å². The van der Waals surface area contributed by atoms with E-state index in [9.17, 15) is 9.59 Å². The highest BCUT2D eigenvalue weighted by Crippen LogP contribution is 2.35. The number of carbonyl (C=O) groups is 2. The molecule has 10 nitrogen and oxygen atoms in total. The van der Waals surface area contributed by atoms with Crippen molar-refractivity contribution in [2.75, 3.05) is 26.3 Å². The predicted molar refractivity (Wildman–Crippen MR) is 165 cm³/mol. The lowest BCUT2D eigenvalue weighted by Gasteiger charge is -2.25. The number of nitrogens with zero attached hydrogens (tertiary/aromatic N) is 4. The van der Waals surface area contributed by atoms with Gasteiger partial charge in [-0.1, -0.05) is 12.1 Å². The number of likely N-dealkylation sites (tertiary alicyclic amines) is 2. The number of carbonyl (C=O) groups excluding carboxylic acids is 2. The number of imidazole rings is 2. The summed E-state index contributed by atoms with van der Waals surface area (Å²) >= 11 is 0. The number of nitrogens with one attached hydrogen (secondary N) is 2. The van der Waals surface area contributed by atoms with Gasteiger partial charge in [-0.25, -0.2) is 9.97 Å². The molecule has 2 amide bonds. The number of aromatic nitrogens is 4. The van der Waals surface area contributed by atoms with Crippen molar-refractivity contribution >= 4 is 33.9 Å². The molecule has 4 aliphatic heterocycles. The van der Waals surface area contributed by atoms with Gasteiger partial charge in [0.2, 0.25) is 0 Å². The summed E-state index contributed by atoms with van der Waals surface area (Å²) in [7, 11) is 0. The maximum absolute atomic E-state index is 13.1. The maximum atomic E-state index is 13.1. The topological polar surface area (TPSA) is 116 Å². The van der Waals surface area contributed by atoms with E-state index in [4.69, 9.17) is 19.4 Å². The van der Waals surface area contributed by atoms with Crippen LogP contribution in [0.5, 0.6) is 0 Å². The van der Waals surface area contributed by atoms with Gasteiger partial charge in [-0.05, 0) is 99.6 Å². The van der Waals surface area contributed by atoms with E-state index in [2.05, 4.69) is 46.4 Å². The molecule has 4 atom stereocenters. The van der Waals surface area contributed by atoms with E-state index in [1.807, 2.05) is 9.80 Å². The minimum atomic E-state index is -0.294. The average molecular weight is 597 g/mol. The quantitative estimate of drug-likeness (QED) is 0.313. The van der Waals surface area contributed by atoms with Gasteiger partial charge in [0.25, 0.3) is 11.8 Å². The third-order valence-electron chi connectivity index (χ3n) is 9.94. The van der Waals surface area contributed by atoms with Crippen LogP contribution in [0.15, 0.2) is 36.4 Å². The van der Waals surface area contributed by atoms with Gasteiger partial charge < -0.3 is 29.2 Å². The minimum absolute atomic E-state index is 0.0148. The molecule has 4 aromatic rings. The smallest absolute Gasteiger partial charge is 0.252 e. The molecule has 0 aliphatic carbocycles. The zero-order chi connectivity index (χ0) is 29.6. The monoisotopic (exact) mass is 596 g/mol. The van der Waals surface area contributed by atoms with Gasteiger partial charge in [0, 0.05) is 26.3 Å². The first-order chi connectivity index (χ1) is 21.6. The number of hydrogen-bond donors (Lipinski definition) is 2. The Balaban J connectivity index is 0.944. The molecule has 2 aromatic carbocycles. The normalized spacial score (nSPS) is 25.6. The minimum Gasteiger partial charge on any atom is -0.368 e. The summed E-state index contributed by atoms with van der Waals surface area (Å²) in [6, 6.07) is 12.8. The Morgan fingerprint density at radius 2 is 1.16 bits per heavy atom. The fourth-order valence-corrected chi connectivity index (χ4v) is 7.61. The highest BCUT2D eigenvalue weighted by molar-refractivity contribution is 5.83. The fraction of sp³-hybridized carbons (Fsp3) is 0.529. The lowest BCUT2D eigenvalue weighted by molar-refractivity contribution is -0.142. The van der Waals surface area contributed by atoms with Crippen molar-refractivity contribution in [2.24, 2.45) is 0 Å². The Hall–Kier alpha value is -3.76. The fourth-order valence-electron chi connectivity index (χ4n) is 7.61. The third-order valence-corrected chi connectivity index (χ3v) is 9.94. The van der Waals surface area contributed by atoms with Crippen LogP contribution in [0.1, 0.15) is 86.2 Å². The number of amides is 2. The van der Waals surface area contributed by atoms with Crippen LogP contribution >= 0.6 is 0 Å². The number of rotatable bonds is 7. The summed E-state index contributed by atoms with van der Waals surface area (Å²) in [5, 5.41) is 0. The van der Waals surface area contributed by atoms with Crippen molar-refractivity contribution in [1.82, 2.24) is 29.7 Å². The van der Waals surface area contributed by atoms with E-state index in [0.717, 1.165) is 111 Å². The molecule has 2 N–H and O–H groups in total. The molecule has 44 heavy (non-hydrogen) atoms. The zero-order valence-electron chi connectivity index (χ0n) is 25.1. The first kappa shape index (κ1) is 27.8. The van der Waals surface area contributed by atoms with Crippen LogP contribution in [-0.4, -0.2) is 80.1 Å². The second-order valence-electron chi connectivity index (χ2n) is 12.8. The lowest BCUT2D eigenvalue weighted by atomic mass is 10.0. The van der Waals surface area contributed by atoms with E-state index < -0.39 is 0 Å². The SMILES string of the molecule is O=C([C@H]1CCCO1)N1CCC[C@H]1c1nc2ccc(CCc3ccc4nc([C@@H]5CCCN5C(=O)[C@H]5CCCO5)[nH]c4c3)cc2[nH]1. The first-order valence-electron chi connectivity index (χ1n) is 16.4. The van der Waals surface area contributed by atoms with E-state index in [1.165, 1.54) is 11.1 Å². The molecular formula is C34H40N6O4. The van der Waals surface area contributed by atoms with Crippen molar-refractivity contribution in [3.63, 3.8) is 0 Å². The highest BCUT2D eigenvalue weighted by atomic mass is 16.5. The number of benzene rings is 2. The molecule has 8 rings (SSSR count). The second-order valence-corrected chi connectivity index (χ2v) is 12.8.